The van der Waals surface area contributed by atoms with Gasteiger partial charge in [-0.1, -0.05) is 30.1 Å². The molecule has 0 spiro atoms. The molecule has 0 aliphatic heterocycles. The molecule has 0 radical (unpaired) electrons. The molecule has 2 rings (SSSR count). The van der Waals surface area contributed by atoms with Crippen molar-refractivity contribution in [1.29, 1.82) is 0 Å². The maximum Gasteiger partial charge on any atom is 0.339 e. The Morgan fingerprint density at radius 1 is 1.30 bits per heavy atom. The van der Waals surface area contributed by atoms with E-state index >= 15 is 0 Å². The van der Waals surface area contributed by atoms with Crippen LogP contribution in [0.25, 0.3) is 11.3 Å². The van der Waals surface area contributed by atoms with Crippen molar-refractivity contribution in [3.05, 3.63) is 45.6 Å². The van der Waals surface area contributed by atoms with Crippen molar-refractivity contribution in [3.63, 3.8) is 0 Å². The number of esters is 1. The number of nitrogens with zero attached hydrogens (tertiary/aromatic N) is 2. The molecule has 23 heavy (non-hydrogen) atoms. The monoisotopic (exact) mass is 356 g/mol. The lowest BCUT2D eigenvalue weighted by atomic mass is 10.1. The van der Waals surface area contributed by atoms with Gasteiger partial charge in [0.1, 0.15) is 12.1 Å². The summed E-state index contributed by atoms with van der Waals surface area (Å²) in [6, 6.07) is 2.36. The predicted molar refractivity (Wildman–Crippen MR) is 87.4 cm³/mol. The topological polar surface area (TPSA) is 52.1 Å². The van der Waals surface area contributed by atoms with Gasteiger partial charge in [0, 0.05) is 5.56 Å². The molecule has 0 atom stereocenters. The summed E-state index contributed by atoms with van der Waals surface area (Å²) in [6.45, 7) is 5.30. The summed E-state index contributed by atoms with van der Waals surface area (Å²) in [6.07, 6.45) is 1.56. The maximum atomic E-state index is 14.3. The van der Waals surface area contributed by atoms with Crippen LogP contribution in [0.15, 0.2) is 18.5 Å². The third-order valence-corrected chi connectivity index (χ3v) is 3.78. The molecule has 122 valence electrons. The van der Waals surface area contributed by atoms with Gasteiger partial charge in [-0.3, -0.25) is 0 Å². The molecular weight excluding hydrogens is 342 g/mol. The molecule has 0 unspecified atom stereocenters. The Morgan fingerprint density at radius 2 is 2.00 bits per heavy atom. The molecule has 1 heterocycles. The smallest absolute Gasteiger partial charge is 0.339 e. The second-order valence-corrected chi connectivity index (χ2v) is 5.89. The Morgan fingerprint density at radius 3 is 2.61 bits per heavy atom. The van der Waals surface area contributed by atoms with Crippen molar-refractivity contribution in [2.75, 3.05) is 0 Å². The van der Waals surface area contributed by atoms with E-state index in [0.29, 0.717) is 12.1 Å². The zero-order valence-corrected chi connectivity index (χ0v) is 14.4. The van der Waals surface area contributed by atoms with Gasteiger partial charge in [-0.25, -0.2) is 19.2 Å². The van der Waals surface area contributed by atoms with E-state index in [1.807, 2.05) is 6.92 Å². The van der Waals surface area contributed by atoms with Gasteiger partial charge in [-0.05, 0) is 32.4 Å². The fourth-order valence-corrected chi connectivity index (χ4v) is 2.57. The van der Waals surface area contributed by atoms with Crippen molar-refractivity contribution < 1.29 is 13.9 Å². The normalized spacial score (nSPS) is 10.9. The Kier molecular flexibility index (Phi) is 5.55. The van der Waals surface area contributed by atoms with Gasteiger partial charge >= 0.3 is 5.97 Å². The Labute approximate surface area is 143 Å². The predicted octanol–water partition coefficient (Wildman–Crippen LogP) is 4.72. The lowest BCUT2D eigenvalue weighted by Gasteiger charge is -2.12. The van der Waals surface area contributed by atoms with Crippen LogP contribution in [0.3, 0.4) is 0 Å². The van der Waals surface area contributed by atoms with Crippen molar-refractivity contribution in [2.24, 2.45) is 0 Å². The SMILES string of the molecule is CCc1ncnc(-c2cc(C(=O)OC(C)C)c(Cl)cc2F)c1Cl. The average molecular weight is 357 g/mol. The van der Waals surface area contributed by atoms with Crippen molar-refractivity contribution >= 4 is 29.2 Å². The van der Waals surface area contributed by atoms with Crippen LogP contribution >= 0.6 is 23.2 Å². The molecule has 0 fully saturated rings. The molecule has 2 aromatic rings. The number of carbonyl (C=O) groups excluding carboxylic acids is 1. The molecule has 0 aliphatic carbocycles. The van der Waals surface area contributed by atoms with E-state index in [-0.39, 0.29) is 33.0 Å². The van der Waals surface area contributed by atoms with E-state index in [9.17, 15) is 9.18 Å². The van der Waals surface area contributed by atoms with E-state index < -0.39 is 11.8 Å². The molecule has 1 aromatic carbocycles. The summed E-state index contributed by atoms with van der Waals surface area (Å²) in [7, 11) is 0. The standard InChI is InChI=1S/C16H15Cl2FN2O2/c1-4-13-14(18)15(21-7-20-13)10-5-9(11(17)6-12(10)19)16(22)23-8(2)3/h5-8H,4H2,1-3H3. The first-order chi connectivity index (χ1) is 10.8. The minimum Gasteiger partial charge on any atom is -0.459 e. The lowest BCUT2D eigenvalue weighted by molar-refractivity contribution is 0.0378. The largest absolute Gasteiger partial charge is 0.459 e. The molecule has 0 aliphatic rings. The number of halogens is 3. The first-order valence-corrected chi connectivity index (χ1v) is 7.80. The highest BCUT2D eigenvalue weighted by Crippen LogP contribution is 2.33. The number of benzene rings is 1. The third-order valence-electron chi connectivity index (χ3n) is 3.07. The van der Waals surface area contributed by atoms with Gasteiger partial charge in [0.2, 0.25) is 0 Å². The van der Waals surface area contributed by atoms with Gasteiger partial charge in [-0.2, -0.15) is 0 Å². The molecule has 4 nitrogen and oxygen atoms in total. The van der Waals surface area contributed by atoms with E-state index in [0.717, 1.165) is 6.07 Å². The second-order valence-electron chi connectivity index (χ2n) is 5.10. The summed E-state index contributed by atoms with van der Waals surface area (Å²) in [5.74, 6) is -1.26. The molecule has 0 saturated carbocycles. The summed E-state index contributed by atoms with van der Waals surface area (Å²) in [5.41, 5.74) is 0.945. The minimum absolute atomic E-state index is 0.0298. The zero-order valence-electron chi connectivity index (χ0n) is 12.9. The van der Waals surface area contributed by atoms with Crippen LogP contribution in [0.1, 0.15) is 36.8 Å². The fourth-order valence-electron chi connectivity index (χ4n) is 2.01. The molecular formula is C16H15Cl2FN2O2. The first kappa shape index (κ1) is 17.6. The van der Waals surface area contributed by atoms with Gasteiger partial charge in [-0.15, -0.1) is 0 Å². The van der Waals surface area contributed by atoms with Crippen molar-refractivity contribution in [2.45, 2.75) is 33.3 Å². The van der Waals surface area contributed by atoms with Crippen molar-refractivity contribution in [1.82, 2.24) is 9.97 Å². The van der Waals surface area contributed by atoms with Crippen LogP contribution in [0.2, 0.25) is 10.0 Å². The van der Waals surface area contributed by atoms with Gasteiger partial charge < -0.3 is 4.74 Å². The quantitative estimate of drug-likeness (QED) is 0.743. The molecule has 0 N–H and O–H groups in total. The highest BCUT2D eigenvalue weighted by Gasteiger charge is 2.20. The number of hydrogen-bond donors (Lipinski definition) is 0. The highest BCUT2D eigenvalue weighted by atomic mass is 35.5. The van der Waals surface area contributed by atoms with Crippen LogP contribution in [-0.2, 0) is 11.2 Å². The summed E-state index contributed by atoms with van der Waals surface area (Å²) in [4.78, 5) is 20.2. The second kappa shape index (κ2) is 7.23. The van der Waals surface area contributed by atoms with Crippen LogP contribution in [0.5, 0.6) is 0 Å². The molecule has 7 heteroatoms. The number of carbonyl (C=O) groups is 1. The van der Waals surface area contributed by atoms with Gasteiger partial charge in [0.05, 0.1) is 33.1 Å². The fraction of sp³-hybridized carbons (Fsp3) is 0.312. The summed E-state index contributed by atoms with van der Waals surface area (Å²) in [5, 5.41) is 0.220. The average Bonchev–Trinajstić information content (AvgIpc) is 2.47. The number of aromatic nitrogens is 2. The summed E-state index contributed by atoms with van der Waals surface area (Å²) < 4.78 is 19.4. The number of aryl methyl sites for hydroxylation is 1. The highest BCUT2D eigenvalue weighted by molar-refractivity contribution is 6.34. The van der Waals surface area contributed by atoms with Crippen LogP contribution in [0.4, 0.5) is 4.39 Å². The van der Waals surface area contributed by atoms with E-state index in [4.69, 9.17) is 27.9 Å². The molecule has 0 amide bonds. The minimum atomic E-state index is -0.632. The Balaban J connectivity index is 2.58. The number of ether oxygens (including phenoxy) is 1. The Bertz CT molecular complexity index is 751. The lowest BCUT2D eigenvalue weighted by Crippen LogP contribution is -2.12. The third kappa shape index (κ3) is 3.79. The van der Waals surface area contributed by atoms with Crippen molar-refractivity contribution in [3.8, 4) is 11.3 Å². The summed E-state index contributed by atoms with van der Waals surface area (Å²) >= 11 is 12.2. The van der Waals surface area contributed by atoms with Gasteiger partial charge in [0.25, 0.3) is 0 Å². The molecule has 0 bridgehead atoms. The van der Waals surface area contributed by atoms with Gasteiger partial charge in [0.15, 0.2) is 0 Å². The van der Waals surface area contributed by atoms with E-state index in [2.05, 4.69) is 9.97 Å². The van der Waals surface area contributed by atoms with Crippen LogP contribution in [0, 0.1) is 5.82 Å². The molecule has 0 saturated heterocycles. The Hall–Kier alpha value is -1.72. The van der Waals surface area contributed by atoms with Crippen LogP contribution in [-0.4, -0.2) is 22.0 Å². The van der Waals surface area contributed by atoms with E-state index in [1.54, 1.807) is 13.8 Å². The van der Waals surface area contributed by atoms with E-state index in [1.165, 1.54) is 12.4 Å². The maximum absolute atomic E-state index is 14.3. The number of hydrogen-bond acceptors (Lipinski definition) is 4. The zero-order chi connectivity index (χ0) is 17.1. The number of rotatable bonds is 4. The molecule has 1 aromatic heterocycles. The first-order valence-electron chi connectivity index (χ1n) is 7.04. The van der Waals surface area contributed by atoms with Crippen LogP contribution < -0.4 is 0 Å².